The SMILES string of the molecule is CCC(Sc1cccc(NC(=O)c2cccc3cccc(C(=O)O)c23)c1)C(=O)Nc1ccc(O)c(C(=O)O)c1. The Kier molecular flexibility index (Phi) is 8.16. The first-order valence-electron chi connectivity index (χ1n) is 11.9. The van der Waals surface area contributed by atoms with Gasteiger partial charge < -0.3 is 26.0 Å². The van der Waals surface area contributed by atoms with Gasteiger partial charge in [0.15, 0.2) is 0 Å². The number of carbonyl (C=O) groups excluding carboxylic acids is 2. The van der Waals surface area contributed by atoms with Gasteiger partial charge in [0.25, 0.3) is 5.91 Å². The Morgan fingerprint density at radius 2 is 1.41 bits per heavy atom. The molecule has 10 heteroatoms. The fourth-order valence-electron chi connectivity index (χ4n) is 4.05. The van der Waals surface area contributed by atoms with E-state index in [9.17, 15) is 34.5 Å². The number of thioether (sulfide) groups is 1. The number of benzene rings is 4. The molecule has 0 fully saturated rings. The number of nitrogens with one attached hydrogen (secondary N) is 2. The number of carboxylic acids is 2. The summed E-state index contributed by atoms with van der Waals surface area (Å²) in [6.07, 6.45) is 0.463. The van der Waals surface area contributed by atoms with Crippen LogP contribution in [0.4, 0.5) is 11.4 Å². The van der Waals surface area contributed by atoms with E-state index in [1.807, 2.05) is 6.92 Å². The molecule has 0 radical (unpaired) electrons. The highest BCUT2D eigenvalue weighted by Crippen LogP contribution is 2.30. The Hall–Kier alpha value is -4.83. The lowest BCUT2D eigenvalue weighted by molar-refractivity contribution is -0.115. The van der Waals surface area contributed by atoms with E-state index < -0.39 is 28.8 Å². The maximum absolute atomic E-state index is 13.2. The van der Waals surface area contributed by atoms with Crippen molar-refractivity contribution in [2.24, 2.45) is 0 Å². The van der Waals surface area contributed by atoms with Crippen LogP contribution in [0.15, 0.2) is 83.8 Å². The summed E-state index contributed by atoms with van der Waals surface area (Å²) < 4.78 is 0. The molecule has 0 spiro atoms. The third-order valence-corrected chi connectivity index (χ3v) is 7.27. The van der Waals surface area contributed by atoms with E-state index in [-0.39, 0.29) is 28.3 Å². The average Bonchev–Trinajstić information content (AvgIpc) is 2.91. The van der Waals surface area contributed by atoms with Crippen molar-refractivity contribution < 1.29 is 34.5 Å². The predicted octanol–water partition coefficient (Wildman–Crippen LogP) is 5.70. The second-order valence-electron chi connectivity index (χ2n) is 8.54. The Morgan fingerprint density at radius 1 is 0.769 bits per heavy atom. The molecule has 5 N–H and O–H groups in total. The van der Waals surface area contributed by atoms with Gasteiger partial charge >= 0.3 is 11.9 Å². The predicted molar refractivity (Wildman–Crippen MR) is 149 cm³/mol. The Morgan fingerprint density at radius 3 is 2.08 bits per heavy atom. The molecular formula is C29H24N2O7S. The zero-order chi connectivity index (χ0) is 28.1. The van der Waals surface area contributed by atoms with Crippen molar-refractivity contribution in [1.82, 2.24) is 0 Å². The third-order valence-electron chi connectivity index (χ3n) is 5.91. The zero-order valence-corrected chi connectivity index (χ0v) is 21.5. The number of rotatable bonds is 9. The molecule has 0 heterocycles. The first kappa shape index (κ1) is 27.2. The number of aromatic carboxylic acids is 2. The Bertz CT molecular complexity index is 1600. The first-order valence-corrected chi connectivity index (χ1v) is 12.8. The topological polar surface area (TPSA) is 153 Å². The quantitative estimate of drug-likeness (QED) is 0.133. The maximum Gasteiger partial charge on any atom is 0.339 e. The van der Waals surface area contributed by atoms with E-state index in [0.29, 0.717) is 27.8 Å². The fourth-order valence-corrected chi connectivity index (χ4v) is 5.06. The average molecular weight is 545 g/mol. The second-order valence-corrected chi connectivity index (χ2v) is 9.81. The van der Waals surface area contributed by atoms with Crippen molar-refractivity contribution >= 4 is 57.7 Å². The summed E-state index contributed by atoms with van der Waals surface area (Å²) in [6.45, 7) is 1.84. The van der Waals surface area contributed by atoms with E-state index in [1.165, 1.54) is 36.0 Å². The number of carboxylic acid groups (broad SMARTS) is 2. The molecule has 0 aliphatic rings. The van der Waals surface area contributed by atoms with Gasteiger partial charge in [0.1, 0.15) is 11.3 Å². The van der Waals surface area contributed by atoms with E-state index in [2.05, 4.69) is 10.6 Å². The van der Waals surface area contributed by atoms with E-state index in [4.69, 9.17) is 0 Å². The molecule has 0 saturated carbocycles. The minimum Gasteiger partial charge on any atom is -0.507 e. The Balaban J connectivity index is 1.51. The van der Waals surface area contributed by atoms with Crippen molar-refractivity contribution in [3.05, 3.63) is 95.6 Å². The lowest BCUT2D eigenvalue weighted by Crippen LogP contribution is -2.24. The molecule has 0 bridgehead atoms. The van der Waals surface area contributed by atoms with Crippen LogP contribution in [-0.4, -0.2) is 44.3 Å². The number of amides is 2. The number of phenols is 1. The van der Waals surface area contributed by atoms with Gasteiger partial charge in [-0.1, -0.05) is 37.3 Å². The van der Waals surface area contributed by atoms with Gasteiger partial charge in [-0.3, -0.25) is 9.59 Å². The molecular weight excluding hydrogens is 520 g/mol. The summed E-state index contributed by atoms with van der Waals surface area (Å²) in [7, 11) is 0. The van der Waals surface area contributed by atoms with Crippen LogP contribution in [0.1, 0.15) is 44.4 Å². The van der Waals surface area contributed by atoms with Gasteiger partial charge in [0.05, 0.1) is 10.8 Å². The largest absolute Gasteiger partial charge is 0.507 e. The van der Waals surface area contributed by atoms with Gasteiger partial charge in [-0.05, 0) is 60.3 Å². The number of fused-ring (bicyclic) bond motifs is 1. The molecule has 39 heavy (non-hydrogen) atoms. The molecule has 0 aliphatic heterocycles. The highest BCUT2D eigenvalue weighted by molar-refractivity contribution is 8.00. The molecule has 2 amide bonds. The van der Waals surface area contributed by atoms with Crippen LogP contribution in [0.3, 0.4) is 0 Å². The molecule has 1 atom stereocenters. The van der Waals surface area contributed by atoms with Crippen LogP contribution >= 0.6 is 11.8 Å². The molecule has 0 aromatic heterocycles. The van der Waals surface area contributed by atoms with Gasteiger partial charge in [0.2, 0.25) is 5.91 Å². The van der Waals surface area contributed by atoms with Crippen molar-refractivity contribution in [3.63, 3.8) is 0 Å². The van der Waals surface area contributed by atoms with Crippen LogP contribution in [0.2, 0.25) is 0 Å². The maximum atomic E-state index is 13.2. The second kappa shape index (κ2) is 11.7. The minimum absolute atomic E-state index is 0.0310. The number of hydrogen-bond donors (Lipinski definition) is 5. The van der Waals surface area contributed by atoms with Gasteiger partial charge in [-0.2, -0.15) is 0 Å². The standard InChI is InChI=1S/C29H24N2O7S/c1-2-24(27(34)31-18-12-13-23(32)22(15-18)29(37)38)39-19-9-5-8-17(14-19)30-26(33)20-10-3-6-16-7-4-11-21(25(16)20)28(35)36/h3-15,24,32H,2H2,1H3,(H,30,33)(H,31,34)(H,35,36)(H,37,38). The zero-order valence-electron chi connectivity index (χ0n) is 20.7. The van der Waals surface area contributed by atoms with Gasteiger partial charge in [-0.25, -0.2) is 9.59 Å². The highest BCUT2D eigenvalue weighted by Gasteiger charge is 2.21. The van der Waals surface area contributed by atoms with Crippen LogP contribution in [0.25, 0.3) is 10.8 Å². The van der Waals surface area contributed by atoms with Crippen LogP contribution in [-0.2, 0) is 4.79 Å². The third kappa shape index (κ3) is 6.19. The molecule has 4 rings (SSSR count). The summed E-state index contributed by atoms with van der Waals surface area (Å²) in [5, 5.41) is 34.4. The molecule has 4 aromatic carbocycles. The van der Waals surface area contributed by atoms with E-state index >= 15 is 0 Å². The summed E-state index contributed by atoms with van der Waals surface area (Å²) in [4.78, 5) is 49.8. The summed E-state index contributed by atoms with van der Waals surface area (Å²) in [5.41, 5.74) is 0.645. The van der Waals surface area contributed by atoms with Gasteiger partial charge in [-0.15, -0.1) is 11.8 Å². The fraction of sp³-hybridized carbons (Fsp3) is 0.103. The molecule has 0 saturated heterocycles. The smallest absolute Gasteiger partial charge is 0.339 e. The minimum atomic E-state index is -1.31. The van der Waals surface area contributed by atoms with Crippen LogP contribution in [0, 0.1) is 0 Å². The molecule has 9 nitrogen and oxygen atoms in total. The van der Waals surface area contributed by atoms with Crippen molar-refractivity contribution in [3.8, 4) is 5.75 Å². The Labute approximate surface area is 227 Å². The number of aromatic hydroxyl groups is 1. The molecule has 0 aliphatic carbocycles. The molecule has 4 aromatic rings. The number of hydrogen-bond acceptors (Lipinski definition) is 6. The number of anilines is 2. The molecule has 198 valence electrons. The lowest BCUT2D eigenvalue weighted by Gasteiger charge is -2.16. The summed E-state index contributed by atoms with van der Waals surface area (Å²) >= 11 is 1.27. The first-order chi connectivity index (χ1) is 18.7. The van der Waals surface area contributed by atoms with Gasteiger partial charge in [0, 0.05) is 27.2 Å². The van der Waals surface area contributed by atoms with E-state index in [0.717, 1.165) is 0 Å². The normalized spacial score (nSPS) is 11.5. The van der Waals surface area contributed by atoms with Crippen molar-refractivity contribution in [2.75, 3.05) is 10.6 Å². The summed E-state index contributed by atoms with van der Waals surface area (Å²) in [5.74, 6) is -3.66. The molecule has 1 unspecified atom stereocenters. The van der Waals surface area contributed by atoms with Crippen molar-refractivity contribution in [1.29, 1.82) is 0 Å². The van der Waals surface area contributed by atoms with Crippen LogP contribution < -0.4 is 10.6 Å². The summed E-state index contributed by atoms with van der Waals surface area (Å²) in [6, 6.07) is 20.5. The monoisotopic (exact) mass is 544 g/mol. The van der Waals surface area contributed by atoms with Crippen molar-refractivity contribution in [2.45, 2.75) is 23.5 Å². The van der Waals surface area contributed by atoms with Crippen LogP contribution in [0.5, 0.6) is 5.75 Å². The highest BCUT2D eigenvalue weighted by atomic mass is 32.2. The number of carbonyl (C=O) groups is 4. The lowest BCUT2D eigenvalue weighted by atomic mass is 9.98. The van der Waals surface area contributed by atoms with E-state index in [1.54, 1.807) is 54.6 Å².